The van der Waals surface area contributed by atoms with E-state index in [1.165, 1.54) is 22.3 Å². The van der Waals surface area contributed by atoms with Crippen molar-refractivity contribution < 1.29 is 4.79 Å². The van der Waals surface area contributed by atoms with Crippen LogP contribution in [0.4, 0.5) is 0 Å². The second kappa shape index (κ2) is 6.08. The molecule has 23 heavy (non-hydrogen) atoms. The highest BCUT2D eigenvalue weighted by Gasteiger charge is 2.28. The van der Waals surface area contributed by atoms with E-state index >= 15 is 0 Å². The van der Waals surface area contributed by atoms with Crippen molar-refractivity contribution in [2.75, 3.05) is 13.1 Å². The molecule has 0 N–H and O–H groups in total. The number of pyridine rings is 1. The number of fused-ring (bicyclic) bond motifs is 1. The molecule has 2 aromatic heterocycles. The van der Waals surface area contributed by atoms with Crippen LogP contribution in [0.1, 0.15) is 21.7 Å². The highest BCUT2D eigenvalue weighted by Crippen LogP contribution is 2.26. The van der Waals surface area contributed by atoms with E-state index in [9.17, 15) is 4.79 Å². The first kappa shape index (κ1) is 14.3. The van der Waals surface area contributed by atoms with Crippen LogP contribution in [-0.4, -0.2) is 33.9 Å². The van der Waals surface area contributed by atoms with Crippen molar-refractivity contribution in [2.24, 2.45) is 5.92 Å². The summed E-state index contributed by atoms with van der Waals surface area (Å²) in [6.07, 6.45) is 5.53. The first-order valence-corrected chi connectivity index (χ1v) is 8.69. The molecule has 1 aliphatic rings. The summed E-state index contributed by atoms with van der Waals surface area (Å²) in [6.45, 7) is 1.65. The largest absolute Gasteiger partial charge is 0.338 e. The van der Waals surface area contributed by atoms with Gasteiger partial charge in [0.05, 0.1) is 17.2 Å². The van der Waals surface area contributed by atoms with E-state index in [0.29, 0.717) is 5.92 Å². The third kappa shape index (κ3) is 2.84. The topological polar surface area (TPSA) is 46.1 Å². The Hall–Kier alpha value is -2.27. The normalized spacial score (nSPS) is 17.7. The molecule has 1 atom stereocenters. The average Bonchev–Trinajstić information content (AvgIpc) is 3.27. The van der Waals surface area contributed by atoms with Crippen molar-refractivity contribution >= 4 is 28.1 Å². The quantitative estimate of drug-likeness (QED) is 0.742. The molecule has 3 aromatic rings. The first-order chi connectivity index (χ1) is 11.3. The van der Waals surface area contributed by atoms with Crippen LogP contribution in [0.25, 0.3) is 10.9 Å². The SMILES string of the molecule is O=C(c1cncs1)N1CC[C@@H](Cc2cccc3cccnc23)C1. The van der Waals surface area contributed by atoms with Gasteiger partial charge in [0, 0.05) is 24.7 Å². The van der Waals surface area contributed by atoms with Crippen molar-refractivity contribution in [1.29, 1.82) is 0 Å². The predicted octanol–water partition coefficient (Wildman–Crippen LogP) is 3.40. The molecule has 0 bridgehead atoms. The maximum absolute atomic E-state index is 12.4. The number of aromatic nitrogens is 2. The minimum Gasteiger partial charge on any atom is -0.338 e. The summed E-state index contributed by atoms with van der Waals surface area (Å²) in [5, 5.41) is 1.18. The number of nitrogens with zero attached hydrogens (tertiary/aromatic N) is 3. The Bertz CT molecular complexity index is 826. The van der Waals surface area contributed by atoms with Crippen LogP contribution in [0.2, 0.25) is 0 Å². The number of amides is 1. The zero-order valence-electron chi connectivity index (χ0n) is 12.7. The highest BCUT2D eigenvalue weighted by atomic mass is 32.1. The van der Waals surface area contributed by atoms with Gasteiger partial charge in [-0.25, -0.2) is 0 Å². The number of thiazole rings is 1. The number of hydrogen-bond acceptors (Lipinski definition) is 4. The van der Waals surface area contributed by atoms with Gasteiger partial charge in [0.2, 0.25) is 0 Å². The summed E-state index contributed by atoms with van der Waals surface area (Å²) in [6, 6.07) is 10.4. The molecule has 0 aliphatic carbocycles. The van der Waals surface area contributed by atoms with Gasteiger partial charge in [-0.3, -0.25) is 14.8 Å². The number of likely N-dealkylation sites (tertiary alicyclic amines) is 1. The Balaban J connectivity index is 1.49. The van der Waals surface area contributed by atoms with Crippen LogP contribution in [0.3, 0.4) is 0 Å². The van der Waals surface area contributed by atoms with E-state index in [0.717, 1.165) is 36.3 Å². The molecule has 1 amide bonds. The molecular weight excluding hydrogens is 306 g/mol. The average molecular weight is 323 g/mol. The minimum atomic E-state index is 0.117. The summed E-state index contributed by atoms with van der Waals surface area (Å²) in [7, 11) is 0. The molecular formula is C18H17N3OS. The van der Waals surface area contributed by atoms with E-state index in [2.05, 4.69) is 34.2 Å². The molecule has 0 spiro atoms. The fourth-order valence-corrected chi connectivity index (χ4v) is 3.89. The Kier molecular flexibility index (Phi) is 3.79. The van der Waals surface area contributed by atoms with Crippen molar-refractivity contribution in [2.45, 2.75) is 12.8 Å². The lowest BCUT2D eigenvalue weighted by Gasteiger charge is -2.15. The molecule has 1 aliphatic heterocycles. The maximum Gasteiger partial charge on any atom is 0.265 e. The van der Waals surface area contributed by atoms with Crippen LogP contribution >= 0.6 is 11.3 Å². The monoisotopic (exact) mass is 323 g/mol. The lowest BCUT2D eigenvalue weighted by molar-refractivity contribution is 0.0791. The second-order valence-electron chi connectivity index (χ2n) is 5.97. The molecule has 0 unspecified atom stereocenters. The molecule has 1 fully saturated rings. The molecule has 0 radical (unpaired) electrons. The number of para-hydroxylation sites is 1. The minimum absolute atomic E-state index is 0.117. The first-order valence-electron chi connectivity index (χ1n) is 7.81. The predicted molar refractivity (Wildman–Crippen MR) is 91.6 cm³/mol. The van der Waals surface area contributed by atoms with Gasteiger partial charge in [-0.2, -0.15) is 0 Å². The van der Waals surface area contributed by atoms with Crippen LogP contribution in [0.15, 0.2) is 48.2 Å². The van der Waals surface area contributed by atoms with Crippen molar-refractivity contribution in [3.05, 3.63) is 58.7 Å². The van der Waals surface area contributed by atoms with Gasteiger partial charge in [-0.05, 0) is 30.4 Å². The summed E-state index contributed by atoms with van der Waals surface area (Å²) in [5.41, 5.74) is 4.07. The summed E-state index contributed by atoms with van der Waals surface area (Å²) in [4.78, 5) is 23.6. The van der Waals surface area contributed by atoms with E-state index in [1.807, 2.05) is 17.2 Å². The van der Waals surface area contributed by atoms with Gasteiger partial charge < -0.3 is 4.90 Å². The maximum atomic E-state index is 12.4. The summed E-state index contributed by atoms with van der Waals surface area (Å²) in [5.74, 6) is 0.616. The third-order valence-corrected chi connectivity index (χ3v) is 5.20. The molecule has 1 saturated heterocycles. The van der Waals surface area contributed by atoms with Crippen molar-refractivity contribution in [1.82, 2.24) is 14.9 Å². The fraction of sp³-hybridized carbons (Fsp3) is 0.278. The van der Waals surface area contributed by atoms with Gasteiger partial charge in [-0.15, -0.1) is 11.3 Å². The molecule has 4 nitrogen and oxygen atoms in total. The van der Waals surface area contributed by atoms with Crippen molar-refractivity contribution in [3.8, 4) is 0 Å². The smallest absolute Gasteiger partial charge is 0.265 e. The molecule has 3 heterocycles. The van der Waals surface area contributed by atoms with E-state index < -0.39 is 0 Å². The van der Waals surface area contributed by atoms with E-state index in [4.69, 9.17) is 0 Å². The van der Waals surface area contributed by atoms with E-state index in [-0.39, 0.29) is 5.91 Å². The molecule has 0 saturated carbocycles. The van der Waals surface area contributed by atoms with Gasteiger partial charge in [0.1, 0.15) is 4.88 Å². The number of rotatable bonds is 3. The lowest BCUT2D eigenvalue weighted by atomic mass is 9.97. The number of benzene rings is 1. The standard InChI is InChI=1S/C18H17N3OS/c22-18(16-10-19-12-23-16)21-8-6-13(11-21)9-15-4-1-3-14-5-2-7-20-17(14)15/h1-5,7,10,12-13H,6,8-9,11H2/t13-/m0/s1. The zero-order valence-corrected chi connectivity index (χ0v) is 13.5. The Labute approximate surface area is 138 Å². The Morgan fingerprint density at radius 2 is 2.22 bits per heavy atom. The Morgan fingerprint density at radius 1 is 1.30 bits per heavy atom. The van der Waals surface area contributed by atoms with Crippen LogP contribution in [0, 0.1) is 5.92 Å². The van der Waals surface area contributed by atoms with Crippen LogP contribution in [-0.2, 0) is 6.42 Å². The van der Waals surface area contributed by atoms with Crippen LogP contribution < -0.4 is 0 Å². The van der Waals surface area contributed by atoms with Gasteiger partial charge in [0.15, 0.2) is 0 Å². The van der Waals surface area contributed by atoms with Gasteiger partial charge in [0.25, 0.3) is 5.91 Å². The fourth-order valence-electron chi connectivity index (χ4n) is 3.30. The summed E-state index contributed by atoms with van der Waals surface area (Å²) < 4.78 is 0. The molecule has 1 aromatic carbocycles. The number of carbonyl (C=O) groups is 1. The number of hydrogen-bond donors (Lipinski definition) is 0. The van der Waals surface area contributed by atoms with Crippen molar-refractivity contribution in [3.63, 3.8) is 0 Å². The van der Waals surface area contributed by atoms with E-state index in [1.54, 1.807) is 11.7 Å². The third-order valence-electron chi connectivity index (χ3n) is 4.44. The lowest BCUT2D eigenvalue weighted by Crippen LogP contribution is -2.28. The number of carbonyl (C=O) groups excluding carboxylic acids is 1. The zero-order chi connectivity index (χ0) is 15.6. The second-order valence-corrected chi connectivity index (χ2v) is 6.85. The van der Waals surface area contributed by atoms with Gasteiger partial charge >= 0.3 is 0 Å². The summed E-state index contributed by atoms with van der Waals surface area (Å²) >= 11 is 1.41. The molecule has 4 rings (SSSR count). The van der Waals surface area contributed by atoms with Gasteiger partial charge in [-0.1, -0.05) is 24.3 Å². The van der Waals surface area contributed by atoms with Crippen LogP contribution in [0.5, 0.6) is 0 Å². The molecule has 5 heteroatoms. The highest BCUT2D eigenvalue weighted by molar-refractivity contribution is 7.11. The molecule has 116 valence electrons. The Morgan fingerprint density at radius 3 is 3.09 bits per heavy atom.